The van der Waals surface area contributed by atoms with Crippen LogP contribution in [0.5, 0.6) is 0 Å². The molecule has 1 aromatic carbocycles. The van der Waals surface area contributed by atoms with Gasteiger partial charge in [0, 0.05) is 0 Å². The van der Waals surface area contributed by atoms with E-state index in [1.165, 1.54) is 12.5 Å². The van der Waals surface area contributed by atoms with E-state index in [0.717, 1.165) is 6.42 Å². The van der Waals surface area contributed by atoms with Gasteiger partial charge in [0.1, 0.15) is 12.2 Å². The second kappa shape index (κ2) is 6.84. The first-order chi connectivity index (χ1) is 8.08. The predicted molar refractivity (Wildman–Crippen MR) is 65.6 cm³/mol. The molecular weight excluding hydrogens is 216 g/mol. The molecule has 1 atom stereocenters. The van der Waals surface area contributed by atoms with Crippen LogP contribution in [0.25, 0.3) is 0 Å². The zero-order valence-corrected chi connectivity index (χ0v) is 10.3. The Hall–Kier alpha value is -1.64. The minimum absolute atomic E-state index is 0.127. The zero-order valence-electron chi connectivity index (χ0n) is 10.3. The van der Waals surface area contributed by atoms with Crippen LogP contribution in [0, 0.1) is 5.92 Å². The average molecular weight is 234 g/mol. The molecule has 0 bridgehead atoms. The molecule has 0 radical (unpaired) electrons. The molecule has 0 N–H and O–H groups in total. The molecule has 0 heterocycles. The van der Waals surface area contributed by atoms with E-state index in [4.69, 9.17) is 4.74 Å². The smallest absolute Gasteiger partial charge is 0.313 e. The molecule has 3 nitrogen and oxygen atoms in total. The van der Waals surface area contributed by atoms with Crippen molar-refractivity contribution in [2.45, 2.75) is 26.7 Å². The number of hydrogen-bond acceptors (Lipinski definition) is 3. The molecular formula is C14H18O3. The topological polar surface area (TPSA) is 43.4 Å². The van der Waals surface area contributed by atoms with E-state index in [-0.39, 0.29) is 18.1 Å². The molecule has 0 saturated heterocycles. The highest BCUT2D eigenvalue weighted by molar-refractivity contribution is 5.94. The van der Waals surface area contributed by atoms with Crippen LogP contribution in [-0.2, 0) is 20.7 Å². The molecule has 0 aromatic heterocycles. The summed E-state index contributed by atoms with van der Waals surface area (Å²) in [5.74, 6) is -0.337. The number of Topliss-reactive ketones (excluding diaryl/α,β-unsaturated/α-hetero) is 1. The summed E-state index contributed by atoms with van der Waals surface area (Å²) in [5.41, 5.74) is 1.22. The van der Waals surface area contributed by atoms with E-state index in [1.807, 2.05) is 37.3 Å². The molecule has 0 saturated carbocycles. The van der Waals surface area contributed by atoms with Gasteiger partial charge in [-0.15, -0.1) is 0 Å². The minimum atomic E-state index is -0.433. The Morgan fingerprint density at radius 1 is 1.24 bits per heavy atom. The number of benzene rings is 1. The molecule has 0 amide bonds. The first-order valence-electron chi connectivity index (χ1n) is 5.77. The van der Waals surface area contributed by atoms with Crippen LogP contribution in [0.3, 0.4) is 0 Å². The Balaban J connectivity index is 2.28. The molecule has 17 heavy (non-hydrogen) atoms. The summed E-state index contributed by atoms with van der Waals surface area (Å²) in [6.07, 6.45) is 0.742. The predicted octanol–water partition coefficient (Wildman–Crippen LogP) is 2.39. The highest BCUT2D eigenvalue weighted by atomic mass is 16.5. The average Bonchev–Trinajstić information content (AvgIpc) is 2.27. The largest absolute Gasteiger partial charge is 0.465 e. The van der Waals surface area contributed by atoms with Crippen molar-refractivity contribution in [3.63, 3.8) is 0 Å². The van der Waals surface area contributed by atoms with Gasteiger partial charge in [-0.3, -0.25) is 9.59 Å². The molecule has 0 fully saturated rings. The molecule has 0 aliphatic carbocycles. The summed E-state index contributed by atoms with van der Waals surface area (Å²) in [6.45, 7) is 3.77. The third kappa shape index (κ3) is 5.85. The maximum atomic E-state index is 11.2. The van der Waals surface area contributed by atoms with E-state index in [1.54, 1.807) is 0 Å². The van der Waals surface area contributed by atoms with Gasteiger partial charge < -0.3 is 4.74 Å². The maximum Gasteiger partial charge on any atom is 0.313 e. The number of carbonyl (C=O) groups is 2. The van der Waals surface area contributed by atoms with E-state index in [9.17, 15) is 9.59 Å². The number of hydrogen-bond donors (Lipinski definition) is 0. The van der Waals surface area contributed by atoms with Crippen molar-refractivity contribution in [2.24, 2.45) is 5.92 Å². The van der Waals surface area contributed by atoms with Crippen LogP contribution in [0.4, 0.5) is 0 Å². The van der Waals surface area contributed by atoms with Crippen molar-refractivity contribution >= 4 is 11.8 Å². The molecule has 1 unspecified atom stereocenters. The maximum absolute atomic E-state index is 11.2. The van der Waals surface area contributed by atoms with Crippen LogP contribution in [0.2, 0.25) is 0 Å². The highest BCUT2D eigenvalue weighted by Crippen LogP contribution is 2.08. The number of esters is 1. The first-order valence-corrected chi connectivity index (χ1v) is 5.77. The molecule has 1 aromatic rings. The Morgan fingerprint density at radius 2 is 1.88 bits per heavy atom. The third-order valence-electron chi connectivity index (χ3n) is 2.35. The van der Waals surface area contributed by atoms with Gasteiger partial charge in [0.15, 0.2) is 0 Å². The number of ether oxygens (including phenoxy) is 1. The van der Waals surface area contributed by atoms with Crippen LogP contribution < -0.4 is 0 Å². The van der Waals surface area contributed by atoms with Gasteiger partial charge >= 0.3 is 5.97 Å². The first kappa shape index (κ1) is 13.4. The summed E-state index contributed by atoms with van der Waals surface area (Å²) < 4.78 is 5.03. The fraction of sp³-hybridized carbons (Fsp3) is 0.429. The van der Waals surface area contributed by atoms with Crippen molar-refractivity contribution in [2.75, 3.05) is 6.61 Å². The van der Waals surface area contributed by atoms with Crippen molar-refractivity contribution in [1.29, 1.82) is 0 Å². The lowest BCUT2D eigenvalue weighted by molar-refractivity contribution is -0.146. The Bertz CT molecular complexity index is 370. The minimum Gasteiger partial charge on any atom is -0.465 e. The highest BCUT2D eigenvalue weighted by Gasteiger charge is 2.09. The Kier molecular flexibility index (Phi) is 5.40. The molecule has 0 aliphatic rings. The van der Waals surface area contributed by atoms with Gasteiger partial charge in [0.2, 0.25) is 0 Å². The third-order valence-corrected chi connectivity index (χ3v) is 2.35. The number of ketones is 1. The Morgan fingerprint density at radius 3 is 2.47 bits per heavy atom. The van der Waals surface area contributed by atoms with Gasteiger partial charge in [-0.2, -0.15) is 0 Å². The fourth-order valence-corrected chi connectivity index (χ4v) is 1.56. The van der Waals surface area contributed by atoms with E-state index >= 15 is 0 Å². The second-order valence-corrected chi connectivity index (χ2v) is 4.36. The van der Waals surface area contributed by atoms with Crippen molar-refractivity contribution in [1.82, 2.24) is 0 Å². The van der Waals surface area contributed by atoms with Crippen LogP contribution in [0.1, 0.15) is 25.8 Å². The lowest BCUT2D eigenvalue weighted by atomic mass is 10.0. The standard InChI is InChI=1S/C14H18O3/c1-11(8-13-6-4-3-5-7-13)10-17-14(16)9-12(2)15/h3-7,11H,8-10H2,1-2H3. The van der Waals surface area contributed by atoms with Crippen molar-refractivity contribution in [3.05, 3.63) is 35.9 Å². The van der Waals surface area contributed by atoms with Gasteiger partial charge in [0.25, 0.3) is 0 Å². The summed E-state index contributed by atoms with van der Waals surface area (Å²) in [7, 11) is 0. The molecule has 0 aliphatic heterocycles. The monoisotopic (exact) mass is 234 g/mol. The number of rotatable bonds is 6. The zero-order chi connectivity index (χ0) is 12.7. The van der Waals surface area contributed by atoms with Gasteiger partial charge in [-0.05, 0) is 24.8 Å². The van der Waals surface area contributed by atoms with Gasteiger partial charge in [0.05, 0.1) is 6.61 Å². The second-order valence-electron chi connectivity index (χ2n) is 4.36. The molecule has 1 rings (SSSR count). The SMILES string of the molecule is CC(=O)CC(=O)OCC(C)Cc1ccccc1. The summed E-state index contributed by atoms with van der Waals surface area (Å²) in [4.78, 5) is 21.9. The van der Waals surface area contributed by atoms with Gasteiger partial charge in [-0.25, -0.2) is 0 Å². The number of carbonyl (C=O) groups excluding carboxylic acids is 2. The fourth-order valence-electron chi connectivity index (χ4n) is 1.56. The lowest BCUT2D eigenvalue weighted by Gasteiger charge is -2.11. The molecule has 92 valence electrons. The lowest BCUT2D eigenvalue weighted by Crippen LogP contribution is -2.15. The molecule has 3 heteroatoms. The van der Waals surface area contributed by atoms with Crippen molar-refractivity contribution in [3.8, 4) is 0 Å². The summed E-state index contributed by atoms with van der Waals surface area (Å²) in [6, 6.07) is 10.1. The Labute approximate surface area is 102 Å². The van der Waals surface area contributed by atoms with Crippen LogP contribution >= 0.6 is 0 Å². The summed E-state index contributed by atoms with van der Waals surface area (Å²) in [5, 5.41) is 0. The normalized spacial score (nSPS) is 11.9. The van der Waals surface area contributed by atoms with E-state index < -0.39 is 5.97 Å². The van der Waals surface area contributed by atoms with Crippen LogP contribution in [0.15, 0.2) is 30.3 Å². The van der Waals surface area contributed by atoms with Crippen molar-refractivity contribution < 1.29 is 14.3 Å². The van der Waals surface area contributed by atoms with Gasteiger partial charge in [-0.1, -0.05) is 37.3 Å². The van der Waals surface area contributed by atoms with E-state index in [0.29, 0.717) is 6.61 Å². The van der Waals surface area contributed by atoms with Crippen LogP contribution in [-0.4, -0.2) is 18.4 Å². The summed E-state index contributed by atoms with van der Waals surface area (Å²) >= 11 is 0. The molecule has 0 spiro atoms. The van der Waals surface area contributed by atoms with E-state index in [2.05, 4.69) is 0 Å². The quantitative estimate of drug-likeness (QED) is 0.560.